The minimum atomic E-state index is -0.188. The van der Waals surface area contributed by atoms with Crippen LogP contribution in [-0.4, -0.2) is 22.7 Å². The van der Waals surface area contributed by atoms with Gasteiger partial charge in [0.15, 0.2) is 0 Å². The van der Waals surface area contributed by atoms with Gasteiger partial charge in [0.05, 0.1) is 12.2 Å². The summed E-state index contributed by atoms with van der Waals surface area (Å²) in [5.41, 5.74) is 1.69. The van der Waals surface area contributed by atoms with Crippen molar-refractivity contribution in [1.82, 2.24) is 9.97 Å². The fourth-order valence-corrected chi connectivity index (χ4v) is 2.41. The van der Waals surface area contributed by atoms with Gasteiger partial charge in [-0.1, -0.05) is 0 Å². The first-order valence-corrected chi connectivity index (χ1v) is 6.69. The quantitative estimate of drug-likeness (QED) is 0.930. The van der Waals surface area contributed by atoms with E-state index in [0.717, 1.165) is 29.0 Å². The van der Waals surface area contributed by atoms with Gasteiger partial charge >= 0.3 is 0 Å². The fraction of sp³-hybridized carbons (Fsp3) is 0.333. The molecule has 3 rings (SSSR count). The van der Waals surface area contributed by atoms with Crippen LogP contribution in [0.15, 0.2) is 29.2 Å². The molecule has 104 valence electrons. The Labute approximate surface area is 116 Å². The molecule has 1 atom stereocenters. The first-order valence-electron chi connectivity index (χ1n) is 6.69. The van der Waals surface area contributed by atoms with Gasteiger partial charge < -0.3 is 14.5 Å². The largest absolute Gasteiger partial charge is 0.493 e. The van der Waals surface area contributed by atoms with Crippen molar-refractivity contribution >= 4 is 0 Å². The van der Waals surface area contributed by atoms with E-state index in [2.05, 4.69) is 9.97 Å². The van der Waals surface area contributed by atoms with Crippen LogP contribution in [0.25, 0.3) is 11.4 Å². The molecule has 1 aromatic heterocycles. The van der Waals surface area contributed by atoms with E-state index in [1.165, 1.54) is 12.3 Å². The molecule has 1 N–H and O–H groups in total. The number of nitrogens with one attached hydrogen (secondary N) is 1. The molecule has 0 saturated heterocycles. The van der Waals surface area contributed by atoms with Gasteiger partial charge in [-0.3, -0.25) is 4.79 Å². The highest BCUT2D eigenvalue weighted by Gasteiger charge is 2.23. The molecule has 0 aliphatic carbocycles. The van der Waals surface area contributed by atoms with Gasteiger partial charge in [0.25, 0.3) is 5.56 Å². The standard InChI is InChI=1S/C15H16N2O3/c1-3-19-13-7-10-6-9(2)20-12(10)8-11(13)15-16-5-4-14(18)17-15/h4-5,7-9H,3,6H2,1-2H3,(H,16,17,18). The third-order valence-corrected chi connectivity index (χ3v) is 3.22. The maximum absolute atomic E-state index is 11.5. The monoisotopic (exact) mass is 272 g/mol. The highest BCUT2D eigenvalue weighted by Crippen LogP contribution is 2.38. The van der Waals surface area contributed by atoms with Crippen LogP contribution in [0, 0.1) is 0 Å². The van der Waals surface area contributed by atoms with Crippen LogP contribution >= 0.6 is 0 Å². The van der Waals surface area contributed by atoms with Gasteiger partial charge in [0.1, 0.15) is 23.4 Å². The molecular weight excluding hydrogens is 256 g/mol. The van der Waals surface area contributed by atoms with E-state index in [1.807, 2.05) is 26.0 Å². The first-order chi connectivity index (χ1) is 9.67. The molecular formula is C15H16N2O3. The summed E-state index contributed by atoms with van der Waals surface area (Å²) >= 11 is 0. The number of nitrogens with zero attached hydrogens (tertiary/aromatic N) is 1. The molecule has 2 aromatic rings. The molecule has 0 spiro atoms. The average molecular weight is 272 g/mol. The minimum Gasteiger partial charge on any atom is -0.493 e. The molecule has 5 heteroatoms. The summed E-state index contributed by atoms with van der Waals surface area (Å²) in [6, 6.07) is 5.25. The number of hydrogen-bond acceptors (Lipinski definition) is 4. The smallest absolute Gasteiger partial charge is 0.251 e. The van der Waals surface area contributed by atoms with Crippen molar-refractivity contribution in [3.8, 4) is 22.9 Å². The molecule has 1 aromatic carbocycles. The zero-order valence-electron chi connectivity index (χ0n) is 11.5. The molecule has 1 unspecified atom stereocenters. The minimum absolute atomic E-state index is 0.164. The van der Waals surface area contributed by atoms with Crippen LogP contribution in [0.1, 0.15) is 19.4 Å². The number of aromatic amines is 1. The lowest BCUT2D eigenvalue weighted by Crippen LogP contribution is -2.07. The molecule has 5 nitrogen and oxygen atoms in total. The summed E-state index contributed by atoms with van der Waals surface area (Å²) in [6.45, 7) is 4.51. The first kappa shape index (κ1) is 12.7. The Kier molecular flexibility index (Phi) is 3.18. The zero-order valence-corrected chi connectivity index (χ0v) is 11.5. The summed E-state index contributed by atoms with van der Waals surface area (Å²) in [6.07, 6.45) is 2.52. The Morgan fingerprint density at radius 2 is 2.35 bits per heavy atom. The van der Waals surface area contributed by atoms with Crippen LogP contribution < -0.4 is 15.0 Å². The molecule has 1 aliphatic rings. The Hall–Kier alpha value is -2.30. The Balaban J connectivity index is 2.14. The third-order valence-electron chi connectivity index (χ3n) is 3.22. The Bertz CT molecular complexity index is 694. The van der Waals surface area contributed by atoms with E-state index in [-0.39, 0.29) is 11.7 Å². The average Bonchev–Trinajstić information content (AvgIpc) is 2.77. The number of rotatable bonds is 3. The van der Waals surface area contributed by atoms with Crippen molar-refractivity contribution in [2.45, 2.75) is 26.4 Å². The van der Waals surface area contributed by atoms with Crippen LogP contribution in [0.4, 0.5) is 0 Å². The van der Waals surface area contributed by atoms with Crippen LogP contribution in [0.5, 0.6) is 11.5 Å². The Morgan fingerprint density at radius 1 is 1.50 bits per heavy atom. The number of hydrogen-bond donors (Lipinski definition) is 1. The summed E-state index contributed by atoms with van der Waals surface area (Å²) in [5, 5.41) is 0. The predicted molar refractivity (Wildman–Crippen MR) is 75.3 cm³/mol. The zero-order chi connectivity index (χ0) is 14.1. The van der Waals surface area contributed by atoms with Gasteiger partial charge in [0.2, 0.25) is 0 Å². The van der Waals surface area contributed by atoms with E-state index >= 15 is 0 Å². The van der Waals surface area contributed by atoms with E-state index in [0.29, 0.717) is 12.4 Å². The number of benzene rings is 1. The molecule has 0 radical (unpaired) electrons. The lowest BCUT2D eigenvalue weighted by molar-refractivity contribution is 0.254. The fourth-order valence-electron chi connectivity index (χ4n) is 2.41. The number of H-pyrrole nitrogens is 1. The van der Waals surface area contributed by atoms with Gasteiger partial charge in [-0.05, 0) is 26.0 Å². The normalized spacial score (nSPS) is 16.6. The topological polar surface area (TPSA) is 64.2 Å². The van der Waals surface area contributed by atoms with Crippen LogP contribution in [-0.2, 0) is 6.42 Å². The second-order valence-electron chi connectivity index (χ2n) is 4.80. The number of aromatic nitrogens is 2. The van der Waals surface area contributed by atoms with Crippen LogP contribution in [0.3, 0.4) is 0 Å². The molecule has 1 aliphatic heterocycles. The van der Waals surface area contributed by atoms with Gasteiger partial charge in [-0.2, -0.15) is 0 Å². The van der Waals surface area contributed by atoms with E-state index in [9.17, 15) is 4.79 Å². The molecule has 20 heavy (non-hydrogen) atoms. The van der Waals surface area contributed by atoms with Crippen LogP contribution in [0.2, 0.25) is 0 Å². The maximum Gasteiger partial charge on any atom is 0.251 e. The summed E-state index contributed by atoms with van der Waals surface area (Å²) in [5.74, 6) is 2.05. The van der Waals surface area contributed by atoms with E-state index in [1.54, 1.807) is 0 Å². The lowest BCUT2D eigenvalue weighted by Gasteiger charge is -2.11. The highest BCUT2D eigenvalue weighted by atomic mass is 16.5. The third kappa shape index (κ3) is 2.27. The number of fused-ring (bicyclic) bond motifs is 1. The molecule has 0 saturated carbocycles. The highest BCUT2D eigenvalue weighted by molar-refractivity contribution is 5.68. The number of ether oxygens (including phenoxy) is 2. The van der Waals surface area contributed by atoms with Crippen molar-refractivity contribution in [2.75, 3.05) is 6.61 Å². The second kappa shape index (κ2) is 5.00. The summed E-state index contributed by atoms with van der Waals surface area (Å²) < 4.78 is 11.4. The van der Waals surface area contributed by atoms with Crippen molar-refractivity contribution in [3.63, 3.8) is 0 Å². The lowest BCUT2D eigenvalue weighted by atomic mass is 10.1. The summed E-state index contributed by atoms with van der Waals surface area (Å²) in [4.78, 5) is 18.4. The Morgan fingerprint density at radius 3 is 3.10 bits per heavy atom. The molecule has 2 heterocycles. The van der Waals surface area contributed by atoms with Crippen molar-refractivity contribution in [2.24, 2.45) is 0 Å². The van der Waals surface area contributed by atoms with E-state index < -0.39 is 0 Å². The van der Waals surface area contributed by atoms with E-state index in [4.69, 9.17) is 9.47 Å². The maximum atomic E-state index is 11.5. The van der Waals surface area contributed by atoms with Gasteiger partial charge in [-0.25, -0.2) is 4.98 Å². The summed E-state index contributed by atoms with van der Waals surface area (Å²) in [7, 11) is 0. The SMILES string of the molecule is CCOc1cc2c(cc1-c1nccc(=O)[nH]1)OC(C)C2. The van der Waals surface area contributed by atoms with Crippen molar-refractivity contribution < 1.29 is 9.47 Å². The van der Waals surface area contributed by atoms with Crippen molar-refractivity contribution in [1.29, 1.82) is 0 Å². The molecule has 0 fully saturated rings. The van der Waals surface area contributed by atoms with Gasteiger partial charge in [0, 0.05) is 24.2 Å². The van der Waals surface area contributed by atoms with Crippen molar-refractivity contribution in [3.05, 3.63) is 40.3 Å². The molecule has 0 bridgehead atoms. The predicted octanol–water partition coefficient (Wildman–Crippen LogP) is 2.16. The second-order valence-corrected chi connectivity index (χ2v) is 4.80. The molecule has 0 amide bonds. The van der Waals surface area contributed by atoms with Gasteiger partial charge in [-0.15, -0.1) is 0 Å².